The van der Waals surface area contributed by atoms with Crippen LogP contribution in [0.3, 0.4) is 0 Å². The standard InChI is InChI=1S/C19H19ClN2O2S/c1-4-22-17-12(3)10-14(20)11-16(17)25-19(22)21-18(23)13-6-8-15(9-7-13)24-5-2/h6-11H,4-5H2,1-3H3. The molecular weight excluding hydrogens is 356 g/mol. The summed E-state index contributed by atoms with van der Waals surface area (Å²) in [5.74, 6) is 0.482. The molecular formula is C19H19ClN2O2S. The van der Waals surface area contributed by atoms with Crippen molar-refractivity contribution in [3.8, 4) is 5.75 Å². The monoisotopic (exact) mass is 374 g/mol. The second kappa shape index (κ2) is 7.42. The van der Waals surface area contributed by atoms with Gasteiger partial charge >= 0.3 is 0 Å². The number of nitrogens with zero attached hydrogens (tertiary/aromatic N) is 2. The molecule has 0 spiro atoms. The molecule has 1 heterocycles. The number of hydrogen-bond acceptors (Lipinski definition) is 3. The Hall–Kier alpha value is -2.11. The minimum Gasteiger partial charge on any atom is -0.494 e. The van der Waals surface area contributed by atoms with Crippen LogP contribution in [0.25, 0.3) is 10.2 Å². The zero-order chi connectivity index (χ0) is 18.0. The summed E-state index contributed by atoms with van der Waals surface area (Å²) in [4.78, 5) is 17.6. The number of fused-ring (bicyclic) bond motifs is 1. The van der Waals surface area contributed by atoms with Crippen molar-refractivity contribution in [2.75, 3.05) is 6.61 Å². The molecule has 6 heteroatoms. The van der Waals surface area contributed by atoms with Crippen molar-refractivity contribution in [1.82, 2.24) is 4.57 Å². The van der Waals surface area contributed by atoms with Gasteiger partial charge in [0.1, 0.15) is 5.75 Å². The van der Waals surface area contributed by atoms with Gasteiger partial charge < -0.3 is 9.30 Å². The molecule has 1 amide bonds. The summed E-state index contributed by atoms with van der Waals surface area (Å²) in [5.41, 5.74) is 2.70. The van der Waals surface area contributed by atoms with Crippen LogP contribution in [-0.4, -0.2) is 17.1 Å². The van der Waals surface area contributed by atoms with Crippen molar-refractivity contribution in [3.05, 3.63) is 57.3 Å². The van der Waals surface area contributed by atoms with Crippen LogP contribution in [0, 0.1) is 6.92 Å². The van der Waals surface area contributed by atoms with Gasteiger partial charge in [-0.25, -0.2) is 0 Å². The number of carbonyl (C=O) groups is 1. The highest BCUT2D eigenvalue weighted by molar-refractivity contribution is 7.16. The van der Waals surface area contributed by atoms with E-state index < -0.39 is 0 Å². The molecule has 1 aromatic heterocycles. The van der Waals surface area contributed by atoms with Crippen LogP contribution >= 0.6 is 22.9 Å². The van der Waals surface area contributed by atoms with Gasteiger partial charge in [0.2, 0.25) is 0 Å². The van der Waals surface area contributed by atoms with Gasteiger partial charge in [-0.3, -0.25) is 4.79 Å². The predicted molar refractivity (Wildman–Crippen MR) is 103 cm³/mol. The molecule has 0 aliphatic carbocycles. The van der Waals surface area contributed by atoms with Crippen molar-refractivity contribution in [2.24, 2.45) is 4.99 Å². The lowest BCUT2D eigenvalue weighted by Crippen LogP contribution is -2.16. The van der Waals surface area contributed by atoms with Crippen LogP contribution in [0.15, 0.2) is 41.4 Å². The van der Waals surface area contributed by atoms with E-state index in [0.717, 1.165) is 28.1 Å². The largest absolute Gasteiger partial charge is 0.494 e. The molecule has 0 radical (unpaired) electrons. The minimum atomic E-state index is -0.263. The van der Waals surface area contributed by atoms with Gasteiger partial charge in [-0.1, -0.05) is 22.9 Å². The number of rotatable bonds is 4. The highest BCUT2D eigenvalue weighted by Gasteiger charge is 2.11. The maximum absolute atomic E-state index is 12.5. The number of benzene rings is 2. The van der Waals surface area contributed by atoms with Crippen molar-refractivity contribution in [1.29, 1.82) is 0 Å². The maximum atomic E-state index is 12.5. The summed E-state index contributed by atoms with van der Waals surface area (Å²) < 4.78 is 8.49. The fraction of sp³-hybridized carbons (Fsp3) is 0.263. The van der Waals surface area contributed by atoms with Gasteiger partial charge in [-0.15, -0.1) is 0 Å². The first-order valence-electron chi connectivity index (χ1n) is 8.15. The average Bonchev–Trinajstić information content (AvgIpc) is 2.92. The molecule has 0 N–H and O–H groups in total. The summed E-state index contributed by atoms with van der Waals surface area (Å²) in [6.07, 6.45) is 0. The number of aromatic nitrogens is 1. The average molecular weight is 375 g/mol. The van der Waals surface area contributed by atoms with E-state index in [1.807, 2.05) is 32.9 Å². The molecule has 0 unspecified atom stereocenters. The van der Waals surface area contributed by atoms with E-state index in [1.54, 1.807) is 24.3 Å². The summed E-state index contributed by atoms with van der Waals surface area (Å²) >= 11 is 7.64. The molecule has 25 heavy (non-hydrogen) atoms. The third-order valence-corrected chi connectivity index (χ3v) is 5.10. The highest BCUT2D eigenvalue weighted by Crippen LogP contribution is 2.25. The molecule has 0 fully saturated rings. The lowest BCUT2D eigenvalue weighted by Gasteiger charge is -2.04. The van der Waals surface area contributed by atoms with Crippen LogP contribution in [-0.2, 0) is 6.54 Å². The summed E-state index contributed by atoms with van der Waals surface area (Å²) in [7, 11) is 0. The van der Waals surface area contributed by atoms with Crippen LogP contribution in [0.2, 0.25) is 5.02 Å². The normalized spacial score (nSPS) is 11.9. The van der Waals surface area contributed by atoms with E-state index in [4.69, 9.17) is 16.3 Å². The molecule has 2 aromatic carbocycles. The number of ether oxygens (including phenoxy) is 1. The van der Waals surface area contributed by atoms with Crippen molar-refractivity contribution in [3.63, 3.8) is 0 Å². The van der Waals surface area contributed by atoms with E-state index in [1.165, 1.54) is 11.3 Å². The predicted octanol–water partition coefficient (Wildman–Crippen LogP) is 4.82. The van der Waals surface area contributed by atoms with E-state index >= 15 is 0 Å². The first-order valence-corrected chi connectivity index (χ1v) is 9.34. The fourth-order valence-corrected chi connectivity index (χ4v) is 4.31. The third kappa shape index (κ3) is 3.62. The van der Waals surface area contributed by atoms with Gasteiger partial charge in [0.05, 0.1) is 16.8 Å². The van der Waals surface area contributed by atoms with E-state index in [0.29, 0.717) is 22.0 Å². The van der Waals surface area contributed by atoms with Crippen LogP contribution in [0.4, 0.5) is 0 Å². The topological polar surface area (TPSA) is 43.6 Å². The number of hydrogen-bond donors (Lipinski definition) is 0. The molecule has 0 bridgehead atoms. The zero-order valence-electron chi connectivity index (χ0n) is 14.4. The molecule has 0 saturated carbocycles. The fourth-order valence-electron chi connectivity index (χ4n) is 2.77. The second-order valence-corrected chi connectivity index (χ2v) is 7.02. The molecule has 3 aromatic rings. The lowest BCUT2D eigenvalue weighted by molar-refractivity contribution is 0.0998. The Balaban J connectivity index is 2.05. The molecule has 0 saturated heterocycles. The summed E-state index contributed by atoms with van der Waals surface area (Å²) in [6, 6.07) is 10.9. The Morgan fingerprint density at radius 1 is 1.24 bits per heavy atom. The SMILES string of the molecule is CCOc1ccc(C(=O)N=c2sc3cc(Cl)cc(C)c3n2CC)cc1. The van der Waals surface area contributed by atoms with Gasteiger partial charge in [0.25, 0.3) is 5.91 Å². The van der Waals surface area contributed by atoms with Crippen molar-refractivity contribution < 1.29 is 9.53 Å². The van der Waals surface area contributed by atoms with Crippen molar-refractivity contribution >= 4 is 39.1 Å². The molecule has 130 valence electrons. The smallest absolute Gasteiger partial charge is 0.279 e. The Labute approximate surface area is 155 Å². The van der Waals surface area contributed by atoms with E-state index in [2.05, 4.69) is 9.56 Å². The molecule has 0 aliphatic heterocycles. The number of carbonyl (C=O) groups excluding carboxylic acids is 1. The van der Waals surface area contributed by atoms with Gasteiger partial charge in [0.15, 0.2) is 4.80 Å². The molecule has 4 nitrogen and oxygen atoms in total. The Bertz CT molecular complexity index is 987. The Morgan fingerprint density at radius 3 is 2.60 bits per heavy atom. The molecule has 0 aliphatic rings. The Kier molecular flexibility index (Phi) is 5.25. The minimum absolute atomic E-state index is 0.263. The summed E-state index contributed by atoms with van der Waals surface area (Å²) in [5, 5.41) is 0.693. The second-order valence-electron chi connectivity index (χ2n) is 5.57. The number of thiazole rings is 1. The van der Waals surface area contributed by atoms with Gasteiger partial charge in [0, 0.05) is 17.1 Å². The zero-order valence-corrected chi connectivity index (χ0v) is 15.9. The quantitative estimate of drug-likeness (QED) is 0.656. The summed E-state index contributed by atoms with van der Waals surface area (Å²) in [6.45, 7) is 7.31. The molecule has 3 rings (SSSR count). The first-order chi connectivity index (χ1) is 12.0. The van der Waals surface area contributed by atoms with Crippen molar-refractivity contribution in [2.45, 2.75) is 27.3 Å². The van der Waals surface area contributed by atoms with Gasteiger partial charge in [-0.05, 0) is 62.7 Å². The van der Waals surface area contributed by atoms with E-state index in [-0.39, 0.29) is 5.91 Å². The van der Waals surface area contributed by atoms with E-state index in [9.17, 15) is 4.79 Å². The molecule has 0 atom stereocenters. The maximum Gasteiger partial charge on any atom is 0.279 e. The van der Waals surface area contributed by atoms with Crippen LogP contribution < -0.4 is 9.54 Å². The van der Waals surface area contributed by atoms with Crippen LogP contribution in [0.1, 0.15) is 29.8 Å². The highest BCUT2D eigenvalue weighted by atomic mass is 35.5. The van der Waals surface area contributed by atoms with Crippen LogP contribution in [0.5, 0.6) is 5.75 Å². The number of amides is 1. The van der Waals surface area contributed by atoms with Gasteiger partial charge in [-0.2, -0.15) is 4.99 Å². The Morgan fingerprint density at radius 2 is 1.96 bits per heavy atom. The number of aryl methyl sites for hydroxylation is 2. The number of halogens is 1. The third-order valence-electron chi connectivity index (χ3n) is 3.86. The lowest BCUT2D eigenvalue weighted by atomic mass is 10.2. The first kappa shape index (κ1) is 17.7.